The monoisotopic (exact) mass is 451 g/mol. The number of rotatable bonds is 12. The molecule has 0 radical (unpaired) electrons. The number of ketones is 1. The Morgan fingerprint density at radius 1 is 0.906 bits per heavy atom. The first-order chi connectivity index (χ1) is 15.4. The first-order valence-corrected chi connectivity index (χ1v) is 11.2. The molecule has 182 valence electrons. The summed E-state index contributed by atoms with van der Waals surface area (Å²) in [6, 6.07) is 0. The second kappa shape index (κ2) is 18.4. The van der Waals surface area contributed by atoms with Crippen LogP contribution in [0.3, 0.4) is 0 Å². The van der Waals surface area contributed by atoms with Gasteiger partial charge in [0.15, 0.2) is 0 Å². The molecule has 1 fully saturated rings. The lowest BCUT2D eigenvalue weighted by atomic mass is 10.1. The third-order valence-electron chi connectivity index (χ3n) is 5.14. The molecule has 8 nitrogen and oxygen atoms in total. The van der Waals surface area contributed by atoms with Crippen LogP contribution in [0.1, 0.15) is 33.1 Å². The van der Waals surface area contributed by atoms with Crippen LogP contribution in [0.4, 0.5) is 0 Å². The van der Waals surface area contributed by atoms with Gasteiger partial charge in [0, 0.05) is 65.8 Å². The van der Waals surface area contributed by atoms with Gasteiger partial charge >= 0.3 is 5.97 Å². The third kappa shape index (κ3) is 14.0. The summed E-state index contributed by atoms with van der Waals surface area (Å²) in [5, 5.41) is 16.2. The minimum absolute atomic E-state index is 0.00235. The van der Waals surface area contributed by atoms with Crippen LogP contribution in [-0.4, -0.2) is 109 Å². The van der Waals surface area contributed by atoms with E-state index in [1.807, 2.05) is 37.0 Å². The van der Waals surface area contributed by atoms with Gasteiger partial charge < -0.3 is 15.0 Å². The molecule has 32 heavy (non-hydrogen) atoms. The van der Waals surface area contributed by atoms with Gasteiger partial charge in [-0.15, -0.1) is 0 Å². The van der Waals surface area contributed by atoms with Crippen molar-refractivity contribution in [2.45, 2.75) is 33.1 Å². The van der Waals surface area contributed by atoms with Crippen LogP contribution in [0, 0.1) is 0 Å². The number of aldehydes is 1. The van der Waals surface area contributed by atoms with Crippen LogP contribution < -0.4 is 0 Å². The standard InChI is InChI=1S/C23H37N3O4.CH4O/c1-4-6-22(28)18-25-12-10-24(11-14-26(15-13-25)19-23(29)30)17-21(5-2)8-7-20(3)9-16-27;1-2/h5,7-8,16H,2,4,6,9-15,17-19H2,1,3H3,(H,29,30);2H,1H3/b20-7+,21-8+;. The summed E-state index contributed by atoms with van der Waals surface area (Å²) in [7, 11) is 1.00. The van der Waals surface area contributed by atoms with E-state index in [9.17, 15) is 19.5 Å². The molecule has 0 aromatic heterocycles. The van der Waals surface area contributed by atoms with Crippen LogP contribution in [0.5, 0.6) is 0 Å². The summed E-state index contributed by atoms with van der Waals surface area (Å²) in [4.78, 5) is 40.4. The minimum atomic E-state index is -0.836. The van der Waals surface area contributed by atoms with Crippen LogP contribution >= 0.6 is 0 Å². The number of Topliss-reactive ketones (excluding diaryl/α,β-unsaturated/α-hetero) is 1. The maximum absolute atomic E-state index is 12.1. The van der Waals surface area contributed by atoms with Gasteiger partial charge in [0.05, 0.1) is 13.1 Å². The van der Waals surface area contributed by atoms with E-state index in [0.717, 1.165) is 50.6 Å². The average molecular weight is 452 g/mol. The van der Waals surface area contributed by atoms with Crippen molar-refractivity contribution < 1.29 is 24.6 Å². The van der Waals surface area contributed by atoms with Crippen LogP contribution in [0.15, 0.2) is 36.0 Å². The number of hydrogen-bond donors (Lipinski definition) is 2. The molecule has 0 saturated carbocycles. The van der Waals surface area contributed by atoms with Gasteiger partial charge in [0.1, 0.15) is 12.1 Å². The molecule has 1 aliphatic heterocycles. The SMILES string of the molecule is C=C/C(=C\C=C(/C)CC=O)CN1CCN(CC(=O)O)CCN(CC(=O)CCC)CC1.CO. The molecule has 0 bridgehead atoms. The van der Waals surface area contributed by atoms with E-state index in [4.69, 9.17) is 5.11 Å². The molecule has 1 saturated heterocycles. The lowest BCUT2D eigenvalue weighted by Gasteiger charge is -2.25. The molecule has 0 unspecified atom stereocenters. The van der Waals surface area contributed by atoms with Crippen molar-refractivity contribution in [3.05, 3.63) is 36.0 Å². The zero-order chi connectivity index (χ0) is 24.4. The Morgan fingerprint density at radius 3 is 1.84 bits per heavy atom. The summed E-state index contributed by atoms with van der Waals surface area (Å²) < 4.78 is 0. The zero-order valence-electron chi connectivity index (χ0n) is 20.0. The second-order valence-corrected chi connectivity index (χ2v) is 7.84. The minimum Gasteiger partial charge on any atom is -0.480 e. The molecule has 0 spiro atoms. The fourth-order valence-corrected chi connectivity index (χ4v) is 3.35. The van der Waals surface area contributed by atoms with E-state index in [0.29, 0.717) is 45.6 Å². The van der Waals surface area contributed by atoms with E-state index < -0.39 is 5.97 Å². The van der Waals surface area contributed by atoms with Gasteiger partial charge in [-0.25, -0.2) is 0 Å². The van der Waals surface area contributed by atoms with E-state index >= 15 is 0 Å². The molecule has 0 atom stereocenters. The van der Waals surface area contributed by atoms with Gasteiger partial charge in [0.2, 0.25) is 0 Å². The number of aliphatic hydroxyl groups excluding tert-OH is 1. The summed E-state index contributed by atoms with van der Waals surface area (Å²) in [5.41, 5.74) is 2.03. The van der Waals surface area contributed by atoms with Crippen molar-refractivity contribution in [1.82, 2.24) is 14.7 Å². The number of hydrogen-bond acceptors (Lipinski definition) is 7. The van der Waals surface area contributed by atoms with Gasteiger partial charge in [-0.05, 0) is 18.9 Å². The fraction of sp³-hybridized carbons (Fsp3) is 0.625. The lowest BCUT2D eigenvalue weighted by molar-refractivity contribution is -0.138. The normalized spacial score (nSPS) is 17.4. The number of carbonyl (C=O) groups is 3. The highest BCUT2D eigenvalue weighted by molar-refractivity contribution is 5.80. The topological polar surface area (TPSA) is 101 Å². The number of carboxylic acid groups (broad SMARTS) is 1. The van der Waals surface area contributed by atoms with Gasteiger partial charge in [-0.3, -0.25) is 24.3 Å². The molecular formula is C24H41N3O5. The zero-order valence-corrected chi connectivity index (χ0v) is 20.0. The van der Waals surface area contributed by atoms with Crippen LogP contribution in [0.2, 0.25) is 0 Å². The Bertz CT molecular complexity index is 646. The maximum Gasteiger partial charge on any atom is 0.317 e. The highest BCUT2D eigenvalue weighted by Crippen LogP contribution is 2.08. The van der Waals surface area contributed by atoms with Crippen molar-refractivity contribution >= 4 is 18.0 Å². The average Bonchev–Trinajstić information content (AvgIpc) is 2.84. The molecule has 8 heteroatoms. The molecule has 1 rings (SSSR count). The Morgan fingerprint density at radius 2 is 1.41 bits per heavy atom. The number of allylic oxidation sites excluding steroid dienone is 3. The molecule has 1 heterocycles. The predicted molar refractivity (Wildman–Crippen MR) is 128 cm³/mol. The molecule has 2 N–H and O–H groups in total. The summed E-state index contributed by atoms with van der Waals surface area (Å²) in [6.45, 7) is 13.2. The van der Waals surface area contributed by atoms with E-state index in [-0.39, 0.29) is 12.3 Å². The van der Waals surface area contributed by atoms with E-state index in [2.05, 4.69) is 16.4 Å². The number of aliphatic carboxylic acids is 1. The van der Waals surface area contributed by atoms with E-state index in [1.165, 1.54) is 0 Å². The van der Waals surface area contributed by atoms with E-state index in [1.54, 1.807) is 0 Å². The molecular weight excluding hydrogens is 410 g/mol. The Labute approximate surface area is 192 Å². The highest BCUT2D eigenvalue weighted by atomic mass is 16.4. The fourth-order valence-electron chi connectivity index (χ4n) is 3.35. The van der Waals surface area contributed by atoms with Crippen molar-refractivity contribution in [3.63, 3.8) is 0 Å². The smallest absolute Gasteiger partial charge is 0.317 e. The Kier molecular flexibility index (Phi) is 17.2. The van der Waals surface area contributed by atoms with Crippen molar-refractivity contribution in [3.8, 4) is 0 Å². The quantitative estimate of drug-likeness (QED) is 0.341. The molecule has 0 amide bonds. The highest BCUT2D eigenvalue weighted by Gasteiger charge is 2.19. The summed E-state index contributed by atoms with van der Waals surface area (Å²) >= 11 is 0. The van der Waals surface area contributed by atoms with Crippen molar-refractivity contribution in [1.29, 1.82) is 0 Å². The summed E-state index contributed by atoms with van der Waals surface area (Å²) in [5.74, 6) is -0.604. The van der Waals surface area contributed by atoms with Gasteiger partial charge in [-0.2, -0.15) is 0 Å². The number of nitrogens with zero attached hydrogens (tertiary/aromatic N) is 3. The lowest BCUT2D eigenvalue weighted by Crippen LogP contribution is -2.40. The predicted octanol–water partition coefficient (Wildman–Crippen LogP) is 1.62. The molecule has 0 aromatic carbocycles. The van der Waals surface area contributed by atoms with Crippen LogP contribution in [-0.2, 0) is 14.4 Å². The number of carboxylic acids is 1. The first-order valence-electron chi connectivity index (χ1n) is 11.2. The molecule has 1 aliphatic rings. The Hall–Kier alpha value is -2.13. The Balaban J connectivity index is 0.00000466. The third-order valence-corrected chi connectivity index (χ3v) is 5.14. The number of aliphatic hydroxyl groups is 1. The maximum atomic E-state index is 12.1. The second-order valence-electron chi connectivity index (χ2n) is 7.84. The first kappa shape index (κ1) is 29.9. The van der Waals surface area contributed by atoms with Crippen molar-refractivity contribution in [2.75, 3.05) is 66.0 Å². The van der Waals surface area contributed by atoms with Gasteiger partial charge in [-0.1, -0.05) is 37.3 Å². The van der Waals surface area contributed by atoms with Gasteiger partial charge in [0.25, 0.3) is 0 Å². The van der Waals surface area contributed by atoms with Crippen molar-refractivity contribution in [2.24, 2.45) is 0 Å². The number of carbonyl (C=O) groups excluding carboxylic acids is 2. The largest absolute Gasteiger partial charge is 0.480 e. The van der Waals surface area contributed by atoms with Crippen LogP contribution in [0.25, 0.3) is 0 Å². The molecule has 0 aliphatic carbocycles. The molecule has 0 aromatic rings. The summed E-state index contributed by atoms with van der Waals surface area (Å²) in [6.07, 6.45) is 8.46.